The first-order chi connectivity index (χ1) is 31.9. The third kappa shape index (κ3) is 35.5. The summed E-state index contributed by atoms with van der Waals surface area (Å²) >= 11 is 24.1. The molecule has 0 aliphatic carbocycles. The average molecular weight is 1170 g/mol. The van der Waals surface area contributed by atoms with Gasteiger partial charge < -0.3 is 22.9 Å². The molecule has 0 aliphatic heterocycles. The van der Waals surface area contributed by atoms with Crippen LogP contribution in [0.5, 0.6) is 0 Å². The van der Waals surface area contributed by atoms with E-state index in [2.05, 4.69) is 58.4 Å². The summed E-state index contributed by atoms with van der Waals surface area (Å²) in [7, 11) is -5.54. The maximum absolute atomic E-state index is 12.0. The number of amidine groups is 3. The van der Waals surface area contributed by atoms with Gasteiger partial charge in [0.1, 0.15) is 5.84 Å². The Hall–Kier alpha value is -2.63. The molecule has 10 N–H and O–H groups in total. The number of hydrogen-bond acceptors (Lipinski definition) is 20. The highest BCUT2D eigenvalue weighted by Crippen LogP contribution is 2.25. The van der Waals surface area contributed by atoms with Gasteiger partial charge in [0.15, 0.2) is 5.17 Å². The summed E-state index contributed by atoms with van der Waals surface area (Å²) in [5.74, 6) is 5.58. The molecule has 0 saturated heterocycles. The molecule has 0 fully saturated rings. The minimum Gasteiger partial charge on any atom is -0.394 e. The van der Waals surface area contributed by atoms with E-state index >= 15 is 0 Å². The Labute approximate surface area is 444 Å². The predicted molar refractivity (Wildman–Crippen MR) is 296 cm³/mol. The van der Waals surface area contributed by atoms with Crippen molar-refractivity contribution in [3.63, 3.8) is 0 Å². The summed E-state index contributed by atoms with van der Waals surface area (Å²) in [4.78, 5) is 21.7. The summed E-state index contributed by atoms with van der Waals surface area (Å²) < 4.78 is 60.1. The van der Waals surface area contributed by atoms with Crippen LogP contribution in [0.25, 0.3) is 0 Å². The minimum absolute atomic E-state index is 0.0386. The fraction of sp³-hybridized carbons (Fsp3) is 0.474. The molecule has 0 radical (unpaired) electrons. The lowest BCUT2D eigenvalue weighted by molar-refractivity contribution is -0.0435. The molecular formula is C38H55ClF3N13O2S11. The number of nitrogens with one attached hydrogen (secondary N) is 2. The van der Waals surface area contributed by atoms with Gasteiger partial charge in [-0.05, 0) is 41.5 Å². The molecule has 5 aromatic rings. The second-order valence-electron chi connectivity index (χ2n) is 12.8. The molecule has 0 spiro atoms. The van der Waals surface area contributed by atoms with Crippen molar-refractivity contribution in [1.82, 2.24) is 24.9 Å². The molecule has 30 heteroatoms. The Kier molecular flexibility index (Phi) is 35.8. The number of aryl methyl sites for hydroxylation is 5. The van der Waals surface area contributed by atoms with Gasteiger partial charge in [-0.15, -0.1) is 72.7 Å². The van der Waals surface area contributed by atoms with Crippen LogP contribution in [-0.4, -0.2) is 77.9 Å². The Morgan fingerprint density at radius 1 is 0.706 bits per heavy atom. The number of halogens is 4. The van der Waals surface area contributed by atoms with Crippen LogP contribution in [0.3, 0.4) is 0 Å². The Morgan fingerprint density at radius 2 is 1.04 bits per heavy atom. The van der Waals surface area contributed by atoms with Crippen LogP contribution in [0.15, 0.2) is 31.3 Å². The zero-order valence-corrected chi connectivity index (χ0v) is 47.7. The third-order valence-electron chi connectivity index (χ3n) is 6.50. The first kappa shape index (κ1) is 65.4. The molecular weight excluding hydrogens is 1120 g/mol. The number of hydrogen-bond donors (Lipinski definition) is 6. The third-order valence-corrected chi connectivity index (χ3v) is 15.7. The zero-order chi connectivity index (χ0) is 51.7. The molecule has 0 unspecified atom stereocenters. The van der Waals surface area contributed by atoms with Crippen LogP contribution in [-0.2, 0) is 38.9 Å². The fourth-order valence-corrected chi connectivity index (χ4v) is 10.9. The molecule has 0 saturated carbocycles. The number of sulfonamides is 1. The number of nitrogens with zero attached hydrogens (tertiary/aromatic N) is 7. The smallest absolute Gasteiger partial charge is 0.394 e. The molecule has 0 amide bonds. The average Bonchev–Trinajstić information content (AvgIpc) is 4.11. The van der Waals surface area contributed by atoms with Crippen molar-refractivity contribution in [3.05, 3.63) is 80.4 Å². The minimum atomic E-state index is -5.54. The van der Waals surface area contributed by atoms with Crippen molar-refractivity contribution < 1.29 is 21.6 Å². The summed E-state index contributed by atoms with van der Waals surface area (Å²) in [5, 5.41) is 37.7. The number of thiazole rings is 5. The van der Waals surface area contributed by atoms with Gasteiger partial charge in [-0.3, -0.25) is 10.8 Å². The summed E-state index contributed by atoms with van der Waals surface area (Å²) in [6.07, 6.45) is 1.27. The number of thioether (sulfide) groups is 4. The van der Waals surface area contributed by atoms with E-state index in [0.717, 1.165) is 76.5 Å². The maximum atomic E-state index is 12.0. The Balaban J connectivity index is 0.000000831. The Morgan fingerprint density at radius 3 is 1.32 bits per heavy atom. The van der Waals surface area contributed by atoms with Crippen molar-refractivity contribution in [1.29, 1.82) is 16.1 Å². The first-order valence-electron chi connectivity index (χ1n) is 19.3. The second kappa shape index (κ2) is 37.2. The number of alkyl halides is 4. The van der Waals surface area contributed by atoms with Crippen LogP contribution in [0.4, 0.5) is 13.2 Å². The van der Waals surface area contributed by atoms with Gasteiger partial charge in [0.2, 0.25) is 0 Å². The van der Waals surface area contributed by atoms with Crippen LogP contribution in [0.2, 0.25) is 0 Å². The maximum Gasteiger partial charge on any atom is 0.518 e. The number of aromatic nitrogens is 5. The molecule has 5 heterocycles. The van der Waals surface area contributed by atoms with E-state index in [-0.39, 0.29) is 17.4 Å². The molecule has 378 valence electrons. The van der Waals surface area contributed by atoms with E-state index in [1.165, 1.54) is 34.9 Å². The SMILES string of the molecule is CC(N)=S.Cc1nc(CCl)cs1.Cc1nc(CSC(=N)N)cs1.Cc1nc(CSCCC#N)cs1.Cc1nc(CSCCC(=N)N)cs1.Cc1nc(CSCCC(N)=NS(=O)(=O)C(F)(F)F)cs1. The van der Waals surface area contributed by atoms with Crippen molar-refractivity contribution in [2.24, 2.45) is 27.3 Å². The molecule has 68 heavy (non-hydrogen) atoms. The lowest BCUT2D eigenvalue weighted by Gasteiger charge is -2.04. The van der Waals surface area contributed by atoms with Crippen LogP contribution in [0, 0.1) is 56.8 Å². The molecule has 0 aliphatic rings. The zero-order valence-electron chi connectivity index (χ0n) is 37.9. The molecule has 5 aromatic heterocycles. The highest BCUT2D eigenvalue weighted by Gasteiger charge is 2.46. The molecule has 0 bridgehead atoms. The van der Waals surface area contributed by atoms with Gasteiger partial charge in [0.25, 0.3) is 0 Å². The highest BCUT2D eigenvalue weighted by atomic mass is 35.5. The summed E-state index contributed by atoms with van der Waals surface area (Å²) in [6, 6.07) is 2.12. The molecule has 0 aromatic carbocycles. The van der Waals surface area contributed by atoms with E-state index < -0.39 is 21.4 Å². The van der Waals surface area contributed by atoms with E-state index in [1.54, 1.807) is 75.8 Å². The van der Waals surface area contributed by atoms with E-state index in [1.807, 2.05) is 50.8 Å². The van der Waals surface area contributed by atoms with Gasteiger partial charge in [-0.1, -0.05) is 24.0 Å². The number of nitrogens with two attached hydrogens (primary N) is 4. The van der Waals surface area contributed by atoms with E-state index in [4.69, 9.17) is 50.6 Å². The fourth-order valence-electron chi connectivity index (χ4n) is 3.78. The van der Waals surface area contributed by atoms with Crippen LogP contribution >= 0.6 is 128 Å². The molecule has 0 atom stereocenters. The molecule has 15 nitrogen and oxygen atoms in total. The second-order valence-corrected chi connectivity index (χ2v) is 24.9. The largest absolute Gasteiger partial charge is 0.518 e. The van der Waals surface area contributed by atoms with E-state index in [0.29, 0.717) is 41.0 Å². The summed E-state index contributed by atoms with van der Waals surface area (Å²) in [6.45, 7) is 11.5. The first-order valence-corrected chi connectivity index (χ1v) is 30.5. The molecule has 5 rings (SSSR count). The normalized spacial score (nSPS) is 10.8. The topological polar surface area (TPSA) is 287 Å². The van der Waals surface area contributed by atoms with E-state index in [9.17, 15) is 21.6 Å². The van der Waals surface area contributed by atoms with Crippen LogP contribution < -0.4 is 22.9 Å². The standard InChI is InChI=1S/C9H12F3N3O2S3.C8H13N3S2.C8H10N2S2.C6H9N3S2.C5H6ClNS.C2H5NS/c1-6-14-7(5-19-6)4-18-3-2-8(13)15-20(16,17)9(10,11)12;1-6-11-7(5-13-6)4-12-3-2-8(9)10;1-7-10-8(6-12-7)5-11-4-2-3-9;1-4-9-5(2-10-4)3-11-6(7)8;1-4-7-5(2-6)3-8-4;1-2(3)4/h5H,2-4H2,1H3,(H2,13,15);5H,2-4H2,1H3,(H3,9,10);6H,2,4-5H2,1H3;2H,3H2,1H3,(H3,7,8);3H,2H2,1H3;1H3,(H2,3,4). The van der Waals surface area contributed by atoms with Gasteiger partial charge in [-0.25, -0.2) is 24.9 Å². The van der Waals surface area contributed by atoms with Crippen molar-refractivity contribution in [3.8, 4) is 6.07 Å². The van der Waals surface area contributed by atoms with Gasteiger partial charge in [0.05, 0.1) is 76.3 Å². The number of nitriles is 1. The number of rotatable bonds is 18. The van der Waals surface area contributed by atoms with Crippen molar-refractivity contribution in [2.75, 3.05) is 17.3 Å². The van der Waals surface area contributed by atoms with Crippen LogP contribution in [0.1, 0.15) is 79.7 Å². The Bertz CT molecular complexity index is 2390. The summed E-state index contributed by atoms with van der Waals surface area (Å²) in [5.41, 5.74) is 20.1. The highest BCUT2D eigenvalue weighted by molar-refractivity contribution is 8.13. The van der Waals surface area contributed by atoms with Crippen molar-refractivity contribution in [2.45, 2.75) is 95.2 Å². The van der Waals surface area contributed by atoms with Gasteiger partial charge in [-0.2, -0.15) is 62.1 Å². The number of thiocarbonyl (C=S) groups is 1. The lowest BCUT2D eigenvalue weighted by atomic mass is 10.5. The van der Waals surface area contributed by atoms with Gasteiger partial charge >= 0.3 is 15.5 Å². The monoisotopic (exact) mass is 1170 g/mol. The van der Waals surface area contributed by atoms with Crippen molar-refractivity contribution >= 4 is 159 Å². The predicted octanol–water partition coefficient (Wildman–Crippen LogP) is 11.0. The quantitative estimate of drug-likeness (QED) is 0.0156. The lowest BCUT2D eigenvalue weighted by Crippen LogP contribution is -2.25. The van der Waals surface area contributed by atoms with Gasteiger partial charge in [0, 0.05) is 86.4 Å².